The van der Waals surface area contributed by atoms with Gasteiger partial charge in [-0.15, -0.1) is 0 Å². The van der Waals surface area contributed by atoms with Crippen molar-refractivity contribution in [2.75, 3.05) is 12.0 Å². The summed E-state index contributed by atoms with van der Waals surface area (Å²) < 4.78 is 11.2. The van der Waals surface area contributed by atoms with Crippen LogP contribution in [-0.2, 0) is 11.4 Å². The summed E-state index contributed by atoms with van der Waals surface area (Å²) in [7, 11) is 1.46. The van der Waals surface area contributed by atoms with Crippen molar-refractivity contribution in [2.45, 2.75) is 6.61 Å². The van der Waals surface area contributed by atoms with E-state index in [0.717, 1.165) is 16.7 Å². The first-order valence-electron chi connectivity index (χ1n) is 9.94. The van der Waals surface area contributed by atoms with Crippen LogP contribution < -0.4 is 14.4 Å². The minimum Gasteiger partial charge on any atom is -0.493 e. The number of methoxy groups -OCH3 is 1. The largest absolute Gasteiger partial charge is 0.493 e. The Hall–Kier alpha value is -3.82. The lowest BCUT2D eigenvalue weighted by molar-refractivity contribution is -0.384. The number of halogens is 1. The van der Waals surface area contributed by atoms with Gasteiger partial charge in [-0.1, -0.05) is 29.8 Å². The van der Waals surface area contributed by atoms with E-state index in [1.807, 2.05) is 0 Å². The van der Waals surface area contributed by atoms with E-state index in [4.69, 9.17) is 21.1 Å². The number of imide groups is 1. The molecule has 0 aliphatic carbocycles. The van der Waals surface area contributed by atoms with Gasteiger partial charge in [0.05, 0.1) is 27.6 Å². The number of amides is 2. The average molecular weight is 497 g/mol. The van der Waals surface area contributed by atoms with E-state index < -0.39 is 10.8 Å². The van der Waals surface area contributed by atoms with Crippen LogP contribution in [0.3, 0.4) is 0 Å². The number of ether oxygens (including phenoxy) is 2. The number of nitrogens with zero attached hydrogens (tertiary/aromatic N) is 2. The Balaban J connectivity index is 1.55. The van der Waals surface area contributed by atoms with Gasteiger partial charge in [0.15, 0.2) is 11.5 Å². The van der Waals surface area contributed by atoms with E-state index in [9.17, 15) is 19.7 Å². The maximum Gasteiger partial charge on any atom is 0.298 e. The maximum absolute atomic E-state index is 12.8. The van der Waals surface area contributed by atoms with E-state index in [1.54, 1.807) is 60.7 Å². The Morgan fingerprint density at radius 1 is 1.09 bits per heavy atom. The van der Waals surface area contributed by atoms with E-state index in [1.165, 1.54) is 19.2 Å². The number of carbonyl (C=O) groups is 2. The number of nitro groups is 1. The topological polar surface area (TPSA) is 99.0 Å². The Kier molecular flexibility index (Phi) is 6.85. The highest BCUT2D eigenvalue weighted by molar-refractivity contribution is 8.19. The van der Waals surface area contributed by atoms with E-state index in [0.29, 0.717) is 22.6 Å². The molecule has 1 aliphatic heterocycles. The fourth-order valence-electron chi connectivity index (χ4n) is 3.25. The van der Waals surface area contributed by atoms with Crippen LogP contribution in [-0.4, -0.2) is 23.2 Å². The van der Waals surface area contributed by atoms with Crippen molar-refractivity contribution in [1.82, 2.24) is 0 Å². The number of hydrogen-bond acceptors (Lipinski definition) is 7. The highest BCUT2D eigenvalue weighted by Gasteiger charge is 2.36. The number of para-hydroxylation sites is 1. The summed E-state index contributed by atoms with van der Waals surface area (Å²) in [4.78, 5) is 37.0. The summed E-state index contributed by atoms with van der Waals surface area (Å²) in [5.74, 6) is 0.204. The lowest BCUT2D eigenvalue weighted by Gasteiger charge is -2.14. The monoisotopic (exact) mass is 496 g/mol. The Bertz CT molecular complexity index is 1290. The standard InChI is InChI=1S/C24H17ClN2O6S/c1-32-20-12-16(13-21-23(28)26(24(29)34-21)17-5-3-2-4-6-17)11-19(25)22(20)33-14-15-7-9-18(10-8-15)27(30)31/h2-13H,14H2,1H3/b21-13-. The first-order valence-corrected chi connectivity index (χ1v) is 11.1. The highest BCUT2D eigenvalue weighted by atomic mass is 35.5. The van der Waals surface area contributed by atoms with Gasteiger partial charge in [-0.2, -0.15) is 0 Å². The van der Waals surface area contributed by atoms with Crippen LogP contribution in [0, 0.1) is 10.1 Å². The summed E-state index contributed by atoms with van der Waals surface area (Å²) in [5, 5.41) is 10.7. The molecule has 0 atom stereocenters. The molecule has 8 nitrogen and oxygen atoms in total. The second kappa shape index (κ2) is 9.98. The normalized spacial score (nSPS) is 14.5. The van der Waals surface area contributed by atoms with Crippen LogP contribution in [0.4, 0.5) is 16.2 Å². The fourth-order valence-corrected chi connectivity index (χ4v) is 4.37. The number of hydrogen-bond donors (Lipinski definition) is 0. The van der Waals surface area contributed by atoms with E-state index in [2.05, 4.69) is 0 Å². The number of rotatable bonds is 7. The SMILES string of the molecule is COc1cc(/C=C2\SC(=O)N(c3ccccc3)C2=O)cc(Cl)c1OCc1ccc([N+](=O)[O-])cc1. The van der Waals surface area contributed by atoms with Gasteiger partial charge in [0.2, 0.25) is 0 Å². The zero-order valence-electron chi connectivity index (χ0n) is 17.8. The van der Waals surface area contributed by atoms with Gasteiger partial charge in [-0.05, 0) is 65.4 Å². The fraction of sp³-hybridized carbons (Fsp3) is 0.0833. The molecule has 0 aromatic heterocycles. The predicted molar refractivity (Wildman–Crippen MR) is 130 cm³/mol. The number of carbonyl (C=O) groups excluding carboxylic acids is 2. The molecular weight excluding hydrogens is 480 g/mol. The van der Waals surface area contributed by atoms with Crippen LogP contribution in [0.25, 0.3) is 6.08 Å². The average Bonchev–Trinajstić information content (AvgIpc) is 3.11. The summed E-state index contributed by atoms with van der Waals surface area (Å²) in [6, 6.07) is 17.9. The molecule has 1 saturated heterocycles. The molecule has 4 rings (SSSR count). The molecule has 0 spiro atoms. The third-order valence-electron chi connectivity index (χ3n) is 4.89. The minimum atomic E-state index is -0.474. The lowest BCUT2D eigenvalue weighted by atomic mass is 10.1. The molecule has 0 radical (unpaired) electrons. The van der Waals surface area contributed by atoms with Crippen molar-refractivity contribution in [1.29, 1.82) is 0 Å². The van der Waals surface area contributed by atoms with Crippen LogP contribution in [0.1, 0.15) is 11.1 Å². The molecule has 3 aromatic rings. The number of thioether (sulfide) groups is 1. The van der Waals surface area contributed by atoms with Gasteiger partial charge in [0.1, 0.15) is 6.61 Å². The van der Waals surface area contributed by atoms with Gasteiger partial charge in [0, 0.05) is 12.1 Å². The molecule has 1 aliphatic rings. The van der Waals surface area contributed by atoms with Gasteiger partial charge < -0.3 is 9.47 Å². The molecule has 34 heavy (non-hydrogen) atoms. The molecule has 0 N–H and O–H groups in total. The molecule has 10 heteroatoms. The zero-order chi connectivity index (χ0) is 24.2. The third-order valence-corrected chi connectivity index (χ3v) is 6.04. The summed E-state index contributed by atoms with van der Waals surface area (Å²) >= 11 is 7.27. The number of anilines is 1. The lowest BCUT2D eigenvalue weighted by Crippen LogP contribution is -2.27. The number of benzene rings is 3. The van der Waals surface area contributed by atoms with Crippen molar-refractivity contribution in [3.8, 4) is 11.5 Å². The molecule has 172 valence electrons. The predicted octanol–water partition coefficient (Wildman–Crippen LogP) is 6.08. The molecule has 3 aromatic carbocycles. The molecule has 0 bridgehead atoms. The minimum absolute atomic E-state index is 0.0135. The van der Waals surface area contributed by atoms with Crippen molar-refractivity contribution in [3.63, 3.8) is 0 Å². The third kappa shape index (κ3) is 4.90. The molecule has 2 amide bonds. The zero-order valence-corrected chi connectivity index (χ0v) is 19.3. The first kappa shape index (κ1) is 23.3. The van der Waals surface area contributed by atoms with E-state index >= 15 is 0 Å². The van der Waals surface area contributed by atoms with Crippen molar-refractivity contribution < 1.29 is 24.0 Å². The van der Waals surface area contributed by atoms with Crippen LogP contribution in [0.5, 0.6) is 11.5 Å². The second-order valence-corrected chi connectivity index (χ2v) is 8.50. The van der Waals surface area contributed by atoms with Crippen LogP contribution in [0.2, 0.25) is 5.02 Å². The Morgan fingerprint density at radius 2 is 1.79 bits per heavy atom. The van der Waals surface area contributed by atoms with Gasteiger partial charge in [-0.25, -0.2) is 4.90 Å². The Labute approximate surface area is 203 Å². The summed E-state index contributed by atoms with van der Waals surface area (Å²) in [6.45, 7) is 0.114. The quantitative estimate of drug-likeness (QED) is 0.222. The number of nitro benzene ring substituents is 1. The molecular formula is C24H17ClN2O6S. The Morgan fingerprint density at radius 3 is 2.44 bits per heavy atom. The smallest absolute Gasteiger partial charge is 0.298 e. The van der Waals surface area contributed by atoms with Crippen molar-refractivity contribution in [3.05, 3.63) is 97.9 Å². The van der Waals surface area contributed by atoms with Gasteiger partial charge in [0.25, 0.3) is 16.8 Å². The summed E-state index contributed by atoms with van der Waals surface area (Å²) in [6.07, 6.45) is 1.57. The summed E-state index contributed by atoms with van der Waals surface area (Å²) in [5.41, 5.74) is 1.75. The van der Waals surface area contributed by atoms with Crippen molar-refractivity contribution in [2.24, 2.45) is 0 Å². The highest BCUT2D eigenvalue weighted by Crippen LogP contribution is 2.40. The number of non-ortho nitro benzene ring substituents is 1. The molecule has 0 unspecified atom stereocenters. The van der Waals surface area contributed by atoms with Crippen LogP contribution >= 0.6 is 23.4 Å². The van der Waals surface area contributed by atoms with E-state index in [-0.39, 0.29) is 33.2 Å². The van der Waals surface area contributed by atoms with Gasteiger partial charge >= 0.3 is 0 Å². The van der Waals surface area contributed by atoms with Crippen LogP contribution in [0.15, 0.2) is 71.6 Å². The molecule has 0 saturated carbocycles. The first-order chi connectivity index (χ1) is 16.4. The molecule has 1 fully saturated rings. The molecule has 1 heterocycles. The van der Waals surface area contributed by atoms with Crippen molar-refractivity contribution >= 4 is 52.0 Å². The maximum atomic E-state index is 12.8. The van der Waals surface area contributed by atoms with Gasteiger partial charge in [-0.3, -0.25) is 19.7 Å². The second-order valence-electron chi connectivity index (χ2n) is 7.10.